The summed E-state index contributed by atoms with van der Waals surface area (Å²) in [5.74, 6) is -0.926. The van der Waals surface area contributed by atoms with Crippen LogP contribution in [0.15, 0.2) is 134 Å². The van der Waals surface area contributed by atoms with Crippen molar-refractivity contribution in [1.82, 2.24) is 0 Å². The molecule has 6 heteroatoms. The van der Waals surface area contributed by atoms with Gasteiger partial charge >= 0.3 is 17.9 Å². The molecule has 430 valence electrons. The second-order valence-electron chi connectivity index (χ2n) is 20.2. The van der Waals surface area contributed by atoms with E-state index in [9.17, 15) is 14.4 Å². The predicted molar refractivity (Wildman–Crippen MR) is 329 cm³/mol. The summed E-state index contributed by atoms with van der Waals surface area (Å²) in [6.45, 7) is 6.41. The first kappa shape index (κ1) is 71.5. The first-order chi connectivity index (χ1) is 37.5. The Morgan fingerprint density at radius 1 is 0.276 bits per heavy atom. The van der Waals surface area contributed by atoms with E-state index in [1.54, 1.807) is 0 Å². The maximum Gasteiger partial charge on any atom is 0.306 e. The molecule has 0 rings (SSSR count). The largest absolute Gasteiger partial charge is 0.462 e. The number of ether oxygens (including phenoxy) is 3. The first-order valence-electron chi connectivity index (χ1n) is 31.2. The fourth-order valence-corrected chi connectivity index (χ4v) is 8.20. The van der Waals surface area contributed by atoms with Gasteiger partial charge in [0.05, 0.1) is 0 Å². The Morgan fingerprint density at radius 3 is 0.868 bits per heavy atom. The van der Waals surface area contributed by atoms with Gasteiger partial charge in [-0.25, -0.2) is 0 Å². The summed E-state index contributed by atoms with van der Waals surface area (Å²) in [5, 5.41) is 0. The number of carbonyl (C=O) groups is 3. The highest BCUT2D eigenvalue weighted by atomic mass is 16.6. The molecule has 0 radical (unpaired) electrons. The Kier molecular flexibility index (Phi) is 59.4. The van der Waals surface area contributed by atoms with Crippen LogP contribution in [0.4, 0.5) is 0 Å². The summed E-state index contributed by atoms with van der Waals surface area (Å²) >= 11 is 0. The van der Waals surface area contributed by atoms with Crippen molar-refractivity contribution in [1.29, 1.82) is 0 Å². The first-order valence-corrected chi connectivity index (χ1v) is 31.2. The molecule has 0 aromatic rings. The van der Waals surface area contributed by atoms with E-state index in [-0.39, 0.29) is 31.1 Å². The molecule has 0 aliphatic heterocycles. The highest BCUT2D eigenvalue weighted by Gasteiger charge is 2.19. The van der Waals surface area contributed by atoms with E-state index < -0.39 is 6.10 Å². The lowest BCUT2D eigenvalue weighted by atomic mass is 10.1. The van der Waals surface area contributed by atoms with Crippen molar-refractivity contribution >= 4 is 17.9 Å². The van der Waals surface area contributed by atoms with Gasteiger partial charge in [0.15, 0.2) is 6.10 Å². The van der Waals surface area contributed by atoms with Gasteiger partial charge in [-0.15, -0.1) is 0 Å². The zero-order valence-electron chi connectivity index (χ0n) is 49.2. The summed E-state index contributed by atoms with van der Waals surface area (Å²) in [5.41, 5.74) is 0. The van der Waals surface area contributed by atoms with E-state index in [0.29, 0.717) is 19.3 Å². The topological polar surface area (TPSA) is 78.9 Å². The highest BCUT2D eigenvalue weighted by molar-refractivity contribution is 5.71. The number of esters is 3. The minimum absolute atomic E-state index is 0.0930. The maximum absolute atomic E-state index is 12.8. The van der Waals surface area contributed by atoms with Gasteiger partial charge in [-0.2, -0.15) is 0 Å². The van der Waals surface area contributed by atoms with Crippen molar-refractivity contribution in [3.8, 4) is 0 Å². The number of hydrogen-bond donors (Lipinski definition) is 0. The Bertz CT molecular complexity index is 1630. The smallest absolute Gasteiger partial charge is 0.306 e. The van der Waals surface area contributed by atoms with Crippen molar-refractivity contribution in [2.45, 2.75) is 277 Å². The lowest BCUT2D eigenvalue weighted by Crippen LogP contribution is -2.30. The standard InChI is InChI=1S/C70H114O6/c1-4-7-10-13-16-19-22-25-26-27-28-29-30-31-32-33-34-35-36-37-38-39-40-41-42-43-44-46-48-51-54-57-60-63-69(72)75-66-67(65-74-68(71)62-59-56-53-50-47-24-21-18-15-12-9-6-3)76-70(73)64-61-58-55-52-49-45-23-20-17-14-11-8-5-2/h7,10-11,14,16,18-21,23,25-26,28-29,31-32,34-35,37-38,40-41,67H,4-6,8-9,12-13,15,17,22,24,27,30,33,36,39,42-66H2,1-3H3/b10-7-,14-11-,19-16-,21-18-,23-20-,26-25-,29-28-,32-31-,35-34-,38-37-,41-40-. The Labute approximate surface area is 468 Å². The molecule has 0 saturated heterocycles. The average Bonchev–Trinajstić information content (AvgIpc) is 3.42. The normalized spacial score (nSPS) is 13.0. The molecular weight excluding hydrogens is 937 g/mol. The number of rotatable bonds is 55. The quantitative estimate of drug-likeness (QED) is 0.0261. The van der Waals surface area contributed by atoms with E-state index in [4.69, 9.17) is 14.2 Å². The third-order valence-corrected chi connectivity index (χ3v) is 12.8. The van der Waals surface area contributed by atoms with E-state index >= 15 is 0 Å². The molecule has 6 nitrogen and oxygen atoms in total. The highest BCUT2D eigenvalue weighted by Crippen LogP contribution is 2.14. The van der Waals surface area contributed by atoms with Gasteiger partial charge in [0, 0.05) is 19.3 Å². The van der Waals surface area contributed by atoms with Crippen LogP contribution in [-0.4, -0.2) is 37.2 Å². The Balaban J connectivity index is 4.24. The molecule has 0 aliphatic rings. The minimum Gasteiger partial charge on any atom is -0.462 e. The molecule has 76 heavy (non-hydrogen) atoms. The van der Waals surface area contributed by atoms with Gasteiger partial charge in [0.25, 0.3) is 0 Å². The molecule has 0 N–H and O–H groups in total. The van der Waals surface area contributed by atoms with Crippen LogP contribution in [0.3, 0.4) is 0 Å². The molecule has 0 saturated carbocycles. The van der Waals surface area contributed by atoms with E-state index in [1.807, 2.05) is 0 Å². The van der Waals surface area contributed by atoms with Gasteiger partial charge in [-0.3, -0.25) is 14.4 Å². The van der Waals surface area contributed by atoms with Crippen LogP contribution in [0.1, 0.15) is 271 Å². The molecule has 0 bridgehead atoms. The molecule has 0 aliphatic carbocycles. The average molecular weight is 1050 g/mol. The summed E-state index contributed by atoms with van der Waals surface area (Å²) < 4.78 is 16.8. The number of hydrogen-bond acceptors (Lipinski definition) is 6. The molecule has 0 aromatic carbocycles. The number of allylic oxidation sites excluding steroid dienone is 22. The fraction of sp³-hybridized carbons (Fsp3) is 0.643. The SMILES string of the molecule is CC/C=C\C/C=C\C/C=C\C/C=C\C/C=C\C/C=C\C/C=C\C/C=C\CCCCCCCCCCC(=O)OCC(COC(=O)CCCCCCC/C=C\CCCCC)OC(=O)CCCCCCC/C=C\C/C=C\CCC. The van der Waals surface area contributed by atoms with Crippen LogP contribution in [0, 0.1) is 0 Å². The van der Waals surface area contributed by atoms with Crippen LogP contribution < -0.4 is 0 Å². The second-order valence-corrected chi connectivity index (χ2v) is 20.2. The maximum atomic E-state index is 12.8. The molecule has 0 fully saturated rings. The Morgan fingerprint density at radius 2 is 0.539 bits per heavy atom. The van der Waals surface area contributed by atoms with Crippen molar-refractivity contribution in [3.05, 3.63) is 134 Å². The zero-order chi connectivity index (χ0) is 55.0. The van der Waals surface area contributed by atoms with Crippen LogP contribution in [0.2, 0.25) is 0 Å². The summed E-state index contributed by atoms with van der Waals surface area (Å²) in [6.07, 6.45) is 88.9. The third-order valence-electron chi connectivity index (χ3n) is 12.8. The third kappa shape index (κ3) is 60.4. The van der Waals surface area contributed by atoms with Gasteiger partial charge < -0.3 is 14.2 Å². The van der Waals surface area contributed by atoms with Gasteiger partial charge in [-0.1, -0.05) is 251 Å². The van der Waals surface area contributed by atoms with Crippen LogP contribution in [0.25, 0.3) is 0 Å². The van der Waals surface area contributed by atoms with Crippen LogP contribution in [-0.2, 0) is 28.6 Å². The molecule has 1 unspecified atom stereocenters. The van der Waals surface area contributed by atoms with Crippen LogP contribution in [0.5, 0.6) is 0 Å². The summed E-state index contributed by atoms with van der Waals surface area (Å²) in [7, 11) is 0. The molecule has 0 spiro atoms. The minimum atomic E-state index is -0.795. The molecule has 0 aromatic heterocycles. The summed E-state index contributed by atoms with van der Waals surface area (Å²) in [4.78, 5) is 38.1. The summed E-state index contributed by atoms with van der Waals surface area (Å²) in [6, 6.07) is 0. The van der Waals surface area contributed by atoms with E-state index in [1.165, 1.54) is 70.6 Å². The van der Waals surface area contributed by atoms with Gasteiger partial charge in [0.1, 0.15) is 13.2 Å². The zero-order valence-corrected chi connectivity index (χ0v) is 49.2. The molecule has 0 amide bonds. The van der Waals surface area contributed by atoms with Crippen molar-refractivity contribution in [2.24, 2.45) is 0 Å². The fourth-order valence-electron chi connectivity index (χ4n) is 8.20. The van der Waals surface area contributed by atoms with Crippen molar-refractivity contribution < 1.29 is 28.6 Å². The monoisotopic (exact) mass is 1050 g/mol. The molecular formula is C70H114O6. The molecule has 0 heterocycles. The van der Waals surface area contributed by atoms with Crippen LogP contribution >= 0.6 is 0 Å². The van der Waals surface area contributed by atoms with E-state index in [2.05, 4.69) is 154 Å². The lowest BCUT2D eigenvalue weighted by Gasteiger charge is -2.18. The van der Waals surface area contributed by atoms with Crippen molar-refractivity contribution in [2.75, 3.05) is 13.2 Å². The van der Waals surface area contributed by atoms with Gasteiger partial charge in [-0.05, 0) is 135 Å². The second kappa shape index (κ2) is 63.1. The number of unbranched alkanes of at least 4 members (excludes halogenated alkanes) is 22. The molecule has 1 atom stereocenters. The number of carbonyl (C=O) groups excluding carboxylic acids is 3. The van der Waals surface area contributed by atoms with Crippen molar-refractivity contribution in [3.63, 3.8) is 0 Å². The predicted octanol–water partition coefficient (Wildman–Crippen LogP) is 21.4. The lowest BCUT2D eigenvalue weighted by molar-refractivity contribution is -0.167. The van der Waals surface area contributed by atoms with E-state index in [0.717, 1.165) is 161 Å². The Hall–Kier alpha value is -4.45. The van der Waals surface area contributed by atoms with Gasteiger partial charge in [0.2, 0.25) is 0 Å².